The summed E-state index contributed by atoms with van der Waals surface area (Å²) in [5.41, 5.74) is 8.95. The minimum atomic E-state index is -0.785. The third kappa shape index (κ3) is 2.87. The number of aliphatic hydroxyl groups is 1. The molecule has 0 aliphatic rings. The number of benzene rings is 1. The van der Waals surface area contributed by atoms with Crippen molar-refractivity contribution >= 4 is 0 Å². The number of azide groups is 1. The van der Waals surface area contributed by atoms with Gasteiger partial charge in [-0.3, -0.25) is 0 Å². The molecule has 0 fully saturated rings. The summed E-state index contributed by atoms with van der Waals surface area (Å²) in [4.78, 5) is 2.66. The molecule has 0 heterocycles. The van der Waals surface area contributed by atoms with Gasteiger partial charge >= 0.3 is 0 Å². The fourth-order valence-corrected chi connectivity index (χ4v) is 1.22. The maximum absolute atomic E-state index is 9.78. The van der Waals surface area contributed by atoms with Crippen LogP contribution in [-0.4, -0.2) is 18.3 Å². The highest BCUT2D eigenvalue weighted by Crippen LogP contribution is 2.21. The fourth-order valence-electron chi connectivity index (χ4n) is 1.22. The van der Waals surface area contributed by atoms with Gasteiger partial charge in [0.25, 0.3) is 0 Å². The molecule has 0 radical (unpaired) electrons. The first-order chi connectivity index (χ1) is 7.19. The van der Waals surface area contributed by atoms with Crippen LogP contribution in [-0.2, 0) is 0 Å². The largest absolute Gasteiger partial charge is 0.497 e. The Balaban J connectivity index is 2.81. The van der Waals surface area contributed by atoms with E-state index < -0.39 is 12.1 Å². The molecule has 5 nitrogen and oxygen atoms in total. The number of rotatable bonds is 4. The molecule has 0 saturated heterocycles. The first-order valence-corrected chi connectivity index (χ1v) is 4.55. The van der Waals surface area contributed by atoms with E-state index in [1.165, 1.54) is 0 Å². The summed E-state index contributed by atoms with van der Waals surface area (Å²) in [5.74, 6) is 0.724. The highest BCUT2D eigenvalue weighted by Gasteiger charge is 2.14. The van der Waals surface area contributed by atoms with Crippen molar-refractivity contribution in [2.24, 2.45) is 5.11 Å². The van der Waals surface area contributed by atoms with Crippen LogP contribution in [0.25, 0.3) is 10.4 Å². The van der Waals surface area contributed by atoms with E-state index in [9.17, 15) is 5.11 Å². The van der Waals surface area contributed by atoms with Gasteiger partial charge in [0.05, 0.1) is 19.3 Å². The Bertz CT molecular complexity index is 357. The molecule has 0 aromatic heterocycles. The topological polar surface area (TPSA) is 78.2 Å². The lowest BCUT2D eigenvalue weighted by atomic mass is 10.0. The molecule has 1 rings (SSSR count). The molecule has 0 aliphatic heterocycles. The van der Waals surface area contributed by atoms with Crippen molar-refractivity contribution in [3.63, 3.8) is 0 Å². The average Bonchev–Trinajstić information content (AvgIpc) is 2.28. The standard InChI is InChI=1S/C10H13N3O2/c1-7(12-13-11)10(14)8-3-5-9(15-2)6-4-8/h3-7,10,14H,1-2H3/t7-,10+/m0/s1. The van der Waals surface area contributed by atoms with Crippen LogP contribution in [0.1, 0.15) is 18.6 Å². The van der Waals surface area contributed by atoms with E-state index >= 15 is 0 Å². The zero-order valence-electron chi connectivity index (χ0n) is 8.66. The molecule has 2 atom stereocenters. The quantitative estimate of drug-likeness (QED) is 0.467. The molecular formula is C10H13N3O2. The molecule has 0 bridgehead atoms. The van der Waals surface area contributed by atoms with E-state index in [1.54, 1.807) is 38.3 Å². The summed E-state index contributed by atoms with van der Waals surface area (Å²) in [7, 11) is 1.58. The monoisotopic (exact) mass is 207 g/mol. The minimum Gasteiger partial charge on any atom is -0.497 e. The second-order valence-electron chi connectivity index (χ2n) is 3.16. The Hall–Kier alpha value is -1.71. The normalized spacial score (nSPS) is 13.8. The van der Waals surface area contributed by atoms with Gasteiger partial charge in [0, 0.05) is 4.91 Å². The van der Waals surface area contributed by atoms with Gasteiger partial charge in [-0.15, -0.1) is 0 Å². The van der Waals surface area contributed by atoms with Crippen molar-refractivity contribution in [1.82, 2.24) is 0 Å². The molecule has 0 aliphatic carbocycles. The number of nitrogens with zero attached hydrogens (tertiary/aromatic N) is 3. The fraction of sp³-hybridized carbons (Fsp3) is 0.400. The van der Waals surface area contributed by atoms with Gasteiger partial charge in [0.15, 0.2) is 0 Å². The highest BCUT2D eigenvalue weighted by molar-refractivity contribution is 5.28. The van der Waals surface area contributed by atoms with Crippen LogP contribution in [0.5, 0.6) is 5.75 Å². The minimum absolute atomic E-state index is 0.483. The Morgan fingerprint density at radius 1 is 1.40 bits per heavy atom. The smallest absolute Gasteiger partial charge is 0.118 e. The molecule has 1 N–H and O–H groups in total. The molecule has 1 aromatic carbocycles. The lowest BCUT2D eigenvalue weighted by Gasteiger charge is -2.14. The van der Waals surface area contributed by atoms with Crippen molar-refractivity contribution in [2.75, 3.05) is 7.11 Å². The Morgan fingerprint density at radius 3 is 2.47 bits per heavy atom. The molecule has 1 aromatic rings. The van der Waals surface area contributed by atoms with Gasteiger partial charge in [0.1, 0.15) is 5.75 Å². The number of ether oxygens (including phenoxy) is 1. The van der Waals surface area contributed by atoms with Gasteiger partial charge < -0.3 is 9.84 Å². The number of methoxy groups -OCH3 is 1. The first kappa shape index (κ1) is 11.4. The molecule has 80 valence electrons. The van der Waals surface area contributed by atoms with Crippen molar-refractivity contribution in [3.8, 4) is 5.75 Å². The van der Waals surface area contributed by atoms with Crippen molar-refractivity contribution < 1.29 is 9.84 Å². The van der Waals surface area contributed by atoms with E-state index in [1.807, 2.05) is 0 Å². The number of hydrogen-bond acceptors (Lipinski definition) is 3. The van der Waals surface area contributed by atoms with Gasteiger partial charge in [-0.1, -0.05) is 24.2 Å². The molecule has 0 amide bonds. The van der Waals surface area contributed by atoms with Gasteiger partial charge in [-0.25, -0.2) is 0 Å². The van der Waals surface area contributed by atoms with Crippen molar-refractivity contribution in [2.45, 2.75) is 19.1 Å². The SMILES string of the molecule is COc1ccc([C@H](O)[C@H](C)N=[N+]=[N-])cc1. The molecule has 15 heavy (non-hydrogen) atoms. The second-order valence-corrected chi connectivity index (χ2v) is 3.16. The summed E-state index contributed by atoms with van der Waals surface area (Å²) >= 11 is 0. The maximum atomic E-state index is 9.78. The van der Waals surface area contributed by atoms with Crippen molar-refractivity contribution in [1.29, 1.82) is 0 Å². The summed E-state index contributed by atoms with van der Waals surface area (Å²) in [6.45, 7) is 1.66. The lowest BCUT2D eigenvalue weighted by molar-refractivity contribution is 0.153. The predicted octanol–water partition coefficient (Wildman–Crippen LogP) is 2.43. The summed E-state index contributed by atoms with van der Waals surface area (Å²) in [5, 5.41) is 13.2. The molecule has 0 saturated carbocycles. The number of hydrogen-bond donors (Lipinski definition) is 1. The van der Waals surface area contributed by atoms with Crippen LogP contribution in [0.3, 0.4) is 0 Å². The zero-order valence-corrected chi connectivity index (χ0v) is 8.66. The predicted molar refractivity (Wildman–Crippen MR) is 56.6 cm³/mol. The van der Waals surface area contributed by atoms with Crippen LogP contribution >= 0.6 is 0 Å². The van der Waals surface area contributed by atoms with Crippen LogP contribution in [0.4, 0.5) is 0 Å². The summed E-state index contributed by atoms with van der Waals surface area (Å²) in [6, 6.07) is 6.51. The average molecular weight is 207 g/mol. The second kappa shape index (κ2) is 5.24. The van der Waals surface area contributed by atoms with Crippen molar-refractivity contribution in [3.05, 3.63) is 40.3 Å². The van der Waals surface area contributed by atoms with E-state index in [0.29, 0.717) is 5.56 Å². The Kier molecular flexibility index (Phi) is 3.97. The van der Waals surface area contributed by atoms with E-state index in [-0.39, 0.29) is 0 Å². The van der Waals surface area contributed by atoms with Crippen LogP contribution < -0.4 is 4.74 Å². The van der Waals surface area contributed by atoms with E-state index in [2.05, 4.69) is 10.0 Å². The van der Waals surface area contributed by atoms with Crippen LogP contribution in [0.2, 0.25) is 0 Å². The zero-order chi connectivity index (χ0) is 11.3. The molecule has 5 heteroatoms. The Labute approximate surface area is 87.9 Å². The van der Waals surface area contributed by atoms with Crippen LogP contribution in [0, 0.1) is 0 Å². The number of aliphatic hydroxyl groups excluding tert-OH is 1. The van der Waals surface area contributed by atoms with Gasteiger partial charge in [-0.2, -0.15) is 0 Å². The molecule has 0 spiro atoms. The molecular weight excluding hydrogens is 194 g/mol. The van der Waals surface area contributed by atoms with Crippen LogP contribution in [0.15, 0.2) is 29.4 Å². The third-order valence-corrected chi connectivity index (χ3v) is 2.15. The Morgan fingerprint density at radius 2 is 2.00 bits per heavy atom. The van der Waals surface area contributed by atoms with E-state index in [4.69, 9.17) is 10.3 Å². The highest BCUT2D eigenvalue weighted by atomic mass is 16.5. The first-order valence-electron chi connectivity index (χ1n) is 4.55. The lowest BCUT2D eigenvalue weighted by Crippen LogP contribution is -2.11. The van der Waals surface area contributed by atoms with Gasteiger partial charge in [-0.05, 0) is 23.2 Å². The summed E-state index contributed by atoms with van der Waals surface area (Å²) in [6.07, 6.45) is -0.785. The van der Waals surface area contributed by atoms with Gasteiger partial charge in [0.2, 0.25) is 0 Å². The third-order valence-electron chi connectivity index (χ3n) is 2.15. The molecule has 0 unspecified atom stereocenters. The van der Waals surface area contributed by atoms with E-state index in [0.717, 1.165) is 5.75 Å². The maximum Gasteiger partial charge on any atom is 0.118 e. The summed E-state index contributed by atoms with van der Waals surface area (Å²) < 4.78 is 4.99.